The lowest BCUT2D eigenvalue weighted by atomic mass is 9.94. The Morgan fingerprint density at radius 2 is 2.00 bits per heavy atom. The first-order valence-corrected chi connectivity index (χ1v) is 4.49. The van der Waals surface area contributed by atoms with E-state index in [1.165, 1.54) is 6.92 Å². The Hall–Kier alpha value is -1.75. The Kier molecular flexibility index (Phi) is 2.85. The van der Waals surface area contributed by atoms with Crippen LogP contribution in [0.1, 0.15) is 12.5 Å². The van der Waals surface area contributed by atoms with Crippen molar-refractivity contribution in [2.75, 3.05) is 11.5 Å². The van der Waals surface area contributed by atoms with Crippen LogP contribution in [0.2, 0.25) is 0 Å². The van der Waals surface area contributed by atoms with Gasteiger partial charge in [0.2, 0.25) is 0 Å². The maximum atomic E-state index is 10.8. The van der Waals surface area contributed by atoms with Gasteiger partial charge in [-0.15, -0.1) is 0 Å². The third-order valence-corrected chi connectivity index (χ3v) is 2.21. The smallest absolute Gasteiger partial charge is 0.323 e. The van der Waals surface area contributed by atoms with Gasteiger partial charge in [0.15, 0.2) is 0 Å². The summed E-state index contributed by atoms with van der Waals surface area (Å²) in [5, 5.41) is 8.85. The van der Waals surface area contributed by atoms with E-state index in [0.29, 0.717) is 11.4 Å². The topological polar surface area (TPSA) is 115 Å². The lowest BCUT2D eigenvalue weighted by Crippen LogP contribution is -2.46. The van der Waals surface area contributed by atoms with Gasteiger partial charge >= 0.3 is 5.97 Å². The molecule has 0 heterocycles. The molecular weight excluding hydrogens is 194 g/mol. The molecule has 0 radical (unpaired) electrons. The highest BCUT2D eigenvalue weighted by Gasteiger charge is 2.28. The summed E-state index contributed by atoms with van der Waals surface area (Å²) in [5.74, 6) is -1.04. The molecule has 82 valence electrons. The van der Waals surface area contributed by atoms with Crippen molar-refractivity contribution in [1.82, 2.24) is 0 Å². The van der Waals surface area contributed by atoms with E-state index >= 15 is 0 Å². The average molecular weight is 209 g/mol. The maximum Gasteiger partial charge on any atom is 0.323 e. The van der Waals surface area contributed by atoms with E-state index in [9.17, 15) is 4.79 Å². The number of rotatable bonds is 3. The van der Waals surface area contributed by atoms with Crippen LogP contribution in [-0.4, -0.2) is 16.6 Å². The quantitative estimate of drug-likeness (QED) is 0.530. The van der Waals surface area contributed by atoms with Crippen molar-refractivity contribution >= 4 is 17.3 Å². The summed E-state index contributed by atoms with van der Waals surface area (Å²) in [6, 6.07) is 5.01. The number of nitrogens with two attached hydrogens (primary N) is 3. The molecule has 7 N–H and O–H groups in total. The summed E-state index contributed by atoms with van der Waals surface area (Å²) in [7, 11) is 0. The van der Waals surface area contributed by atoms with Crippen molar-refractivity contribution in [3.8, 4) is 0 Å². The van der Waals surface area contributed by atoms with Crippen LogP contribution in [0.5, 0.6) is 0 Å². The second kappa shape index (κ2) is 3.78. The normalized spacial score (nSPS) is 14.5. The number of carboxylic acid groups (broad SMARTS) is 1. The van der Waals surface area contributed by atoms with Gasteiger partial charge in [-0.3, -0.25) is 4.79 Å². The predicted molar refractivity (Wildman–Crippen MR) is 59.2 cm³/mol. The molecule has 15 heavy (non-hydrogen) atoms. The van der Waals surface area contributed by atoms with Crippen molar-refractivity contribution in [3.05, 3.63) is 23.8 Å². The molecule has 0 fully saturated rings. The Labute approximate surface area is 87.9 Å². The SMILES string of the molecule is C[C@@](N)(Cc1ccc(N)c(N)c1)C(=O)O. The lowest BCUT2D eigenvalue weighted by molar-refractivity contribution is -0.142. The molecule has 0 aliphatic heterocycles. The standard InChI is InChI=1S/C10H15N3O2/c1-10(13,9(14)15)5-6-2-3-7(11)8(12)4-6/h2-4H,5,11-13H2,1H3,(H,14,15)/t10-/m1/s1. The fourth-order valence-electron chi connectivity index (χ4n) is 1.23. The Morgan fingerprint density at radius 3 is 2.47 bits per heavy atom. The van der Waals surface area contributed by atoms with Crippen LogP contribution >= 0.6 is 0 Å². The minimum atomic E-state index is -1.29. The second-order valence-corrected chi connectivity index (χ2v) is 3.86. The number of aliphatic carboxylic acids is 1. The number of carbonyl (C=O) groups is 1. The molecule has 1 atom stereocenters. The van der Waals surface area contributed by atoms with Gasteiger partial charge < -0.3 is 22.3 Å². The molecule has 0 amide bonds. The van der Waals surface area contributed by atoms with Gasteiger partial charge in [-0.05, 0) is 24.6 Å². The fraction of sp³-hybridized carbons (Fsp3) is 0.300. The Bertz CT molecular complexity index is 388. The monoisotopic (exact) mass is 209 g/mol. The van der Waals surface area contributed by atoms with Crippen LogP contribution in [0.15, 0.2) is 18.2 Å². The molecule has 0 unspecified atom stereocenters. The molecule has 0 aromatic heterocycles. The summed E-state index contributed by atoms with van der Waals surface area (Å²) < 4.78 is 0. The molecule has 0 saturated carbocycles. The maximum absolute atomic E-state index is 10.8. The number of hydrogen-bond acceptors (Lipinski definition) is 4. The summed E-state index contributed by atoms with van der Waals surface area (Å²) >= 11 is 0. The summed E-state index contributed by atoms with van der Waals surface area (Å²) in [6.45, 7) is 1.46. The molecule has 0 saturated heterocycles. The van der Waals surface area contributed by atoms with Crippen molar-refractivity contribution in [2.45, 2.75) is 18.9 Å². The Balaban J connectivity index is 2.91. The van der Waals surface area contributed by atoms with E-state index in [0.717, 1.165) is 5.56 Å². The molecule has 5 heteroatoms. The van der Waals surface area contributed by atoms with E-state index in [1.807, 2.05) is 0 Å². The van der Waals surface area contributed by atoms with Gasteiger partial charge in [0.05, 0.1) is 11.4 Å². The van der Waals surface area contributed by atoms with E-state index in [1.54, 1.807) is 18.2 Å². The number of carboxylic acids is 1. The van der Waals surface area contributed by atoms with Crippen molar-refractivity contribution in [1.29, 1.82) is 0 Å². The van der Waals surface area contributed by atoms with Crippen LogP contribution in [0.3, 0.4) is 0 Å². The zero-order valence-corrected chi connectivity index (χ0v) is 8.53. The first-order valence-electron chi connectivity index (χ1n) is 4.49. The highest BCUT2D eigenvalue weighted by Crippen LogP contribution is 2.19. The van der Waals surface area contributed by atoms with Gasteiger partial charge in [0.1, 0.15) is 5.54 Å². The highest BCUT2D eigenvalue weighted by atomic mass is 16.4. The predicted octanol–water partition coefficient (Wildman–Crippen LogP) is 0.196. The molecule has 0 aliphatic carbocycles. The van der Waals surface area contributed by atoms with Crippen LogP contribution < -0.4 is 17.2 Å². The van der Waals surface area contributed by atoms with Crippen LogP contribution in [-0.2, 0) is 11.2 Å². The third kappa shape index (κ3) is 2.60. The van der Waals surface area contributed by atoms with Crippen molar-refractivity contribution in [3.63, 3.8) is 0 Å². The summed E-state index contributed by atoms with van der Waals surface area (Å²) in [4.78, 5) is 10.8. The minimum Gasteiger partial charge on any atom is -0.480 e. The number of nitrogen functional groups attached to an aromatic ring is 2. The van der Waals surface area contributed by atoms with Gasteiger partial charge in [0, 0.05) is 6.42 Å². The largest absolute Gasteiger partial charge is 0.480 e. The number of anilines is 2. The number of benzene rings is 1. The van der Waals surface area contributed by atoms with Gasteiger partial charge in [-0.25, -0.2) is 0 Å². The number of hydrogen-bond donors (Lipinski definition) is 4. The second-order valence-electron chi connectivity index (χ2n) is 3.86. The average Bonchev–Trinajstić information content (AvgIpc) is 2.10. The first kappa shape index (κ1) is 11.3. The van der Waals surface area contributed by atoms with Gasteiger partial charge in [-0.1, -0.05) is 6.07 Å². The van der Waals surface area contributed by atoms with Crippen LogP contribution in [0.4, 0.5) is 11.4 Å². The minimum absolute atomic E-state index is 0.215. The fourth-order valence-corrected chi connectivity index (χ4v) is 1.23. The van der Waals surface area contributed by atoms with Crippen LogP contribution in [0.25, 0.3) is 0 Å². The molecular formula is C10H15N3O2. The molecule has 0 spiro atoms. The summed E-state index contributed by atoms with van der Waals surface area (Å²) in [6.07, 6.45) is 0.215. The third-order valence-electron chi connectivity index (χ3n) is 2.21. The summed E-state index contributed by atoms with van der Waals surface area (Å²) in [5.41, 5.74) is 17.1. The van der Waals surface area contributed by atoms with E-state index in [2.05, 4.69) is 0 Å². The molecule has 1 aromatic rings. The molecule has 1 rings (SSSR count). The van der Waals surface area contributed by atoms with E-state index < -0.39 is 11.5 Å². The van der Waals surface area contributed by atoms with E-state index in [-0.39, 0.29) is 6.42 Å². The molecule has 5 nitrogen and oxygen atoms in total. The van der Waals surface area contributed by atoms with E-state index in [4.69, 9.17) is 22.3 Å². The molecule has 0 aliphatic rings. The van der Waals surface area contributed by atoms with Crippen molar-refractivity contribution < 1.29 is 9.90 Å². The van der Waals surface area contributed by atoms with Gasteiger partial charge in [0.25, 0.3) is 0 Å². The highest BCUT2D eigenvalue weighted by molar-refractivity contribution is 5.78. The Morgan fingerprint density at radius 1 is 1.40 bits per heavy atom. The lowest BCUT2D eigenvalue weighted by Gasteiger charge is -2.19. The molecule has 0 bridgehead atoms. The zero-order valence-electron chi connectivity index (χ0n) is 8.53. The van der Waals surface area contributed by atoms with Crippen LogP contribution in [0, 0.1) is 0 Å². The van der Waals surface area contributed by atoms with Gasteiger partial charge in [-0.2, -0.15) is 0 Å². The van der Waals surface area contributed by atoms with Crippen molar-refractivity contribution in [2.24, 2.45) is 5.73 Å². The zero-order chi connectivity index (χ0) is 11.6. The first-order chi connectivity index (χ1) is 6.83. The molecule has 1 aromatic carbocycles.